The van der Waals surface area contributed by atoms with E-state index in [9.17, 15) is 14.4 Å². The minimum absolute atomic E-state index is 0.0647. The second kappa shape index (κ2) is 9.49. The van der Waals surface area contributed by atoms with Crippen molar-refractivity contribution in [2.75, 3.05) is 6.54 Å². The van der Waals surface area contributed by atoms with Gasteiger partial charge in [0.15, 0.2) is 0 Å². The molecule has 1 aromatic heterocycles. The van der Waals surface area contributed by atoms with E-state index in [2.05, 4.69) is 10.4 Å². The highest BCUT2D eigenvalue weighted by Crippen LogP contribution is 2.18. The van der Waals surface area contributed by atoms with E-state index < -0.39 is 17.2 Å². The number of carbonyl (C=O) groups is 1. The molecular weight excluding hydrogens is 439 g/mol. The number of hydrogen-bond donors (Lipinski definition) is 1. The Hall–Kier alpha value is -2.90. The van der Waals surface area contributed by atoms with Crippen molar-refractivity contribution in [3.63, 3.8) is 0 Å². The van der Waals surface area contributed by atoms with Gasteiger partial charge in [-0.1, -0.05) is 55.2 Å². The molecule has 2 aromatic carbocycles. The maximum Gasteiger partial charge on any atom is 0.352 e. The Bertz CT molecular complexity index is 1250. The summed E-state index contributed by atoms with van der Waals surface area (Å²) in [6, 6.07) is 11.8. The Morgan fingerprint density at radius 1 is 1.13 bits per heavy atom. The molecule has 0 saturated carbocycles. The molecule has 0 saturated heterocycles. The zero-order valence-corrected chi connectivity index (χ0v) is 18.9. The summed E-state index contributed by atoms with van der Waals surface area (Å²) in [5.41, 5.74) is -0.0381. The number of halogens is 2. The number of aryl methyl sites for hydroxylation is 1. The first kappa shape index (κ1) is 22.8. The molecular formula is C22H22Cl2N4O3. The van der Waals surface area contributed by atoms with Gasteiger partial charge in [-0.15, -0.1) is 0 Å². The topological polar surface area (TPSA) is 86.0 Å². The largest absolute Gasteiger partial charge is 0.352 e. The van der Waals surface area contributed by atoms with Crippen LogP contribution in [0.15, 0.2) is 52.1 Å². The van der Waals surface area contributed by atoms with Crippen molar-refractivity contribution in [3.05, 3.63) is 90.2 Å². The van der Waals surface area contributed by atoms with Gasteiger partial charge < -0.3 is 5.32 Å². The van der Waals surface area contributed by atoms with Crippen LogP contribution in [0, 0.1) is 12.8 Å². The van der Waals surface area contributed by atoms with Crippen LogP contribution in [0.4, 0.5) is 0 Å². The molecule has 1 heterocycles. The molecule has 0 fully saturated rings. The highest BCUT2D eigenvalue weighted by atomic mass is 35.5. The van der Waals surface area contributed by atoms with Crippen LogP contribution in [0.3, 0.4) is 0 Å². The average molecular weight is 461 g/mol. The van der Waals surface area contributed by atoms with Crippen LogP contribution in [-0.2, 0) is 6.54 Å². The summed E-state index contributed by atoms with van der Waals surface area (Å²) in [7, 11) is 0. The van der Waals surface area contributed by atoms with Gasteiger partial charge in [0.25, 0.3) is 11.5 Å². The van der Waals surface area contributed by atoms with Crippen LogP contribution in [0.25, 0.3) is 5.69 Å². The van der Waals surface area contributed by atoms with E-state index in [1.807, 2.05) is 20.8 Å². The number of hydrogen-bond acceptors (Lipinski definition) is 4. The molecule has 1 N–H and O–H groups in total. The third-order valence-electron chi connectivity index (χ3n) is 4.58. The lowest BCUT2D eigenvalue weighted by molar-refractivity contribution is 0.0939. The van der Waals surface area contributed by atoms with Crippen molar-refractivity contribution in [1.82, 2.24) is 19.7 Å². The van der Waals surface area contributed by atoms with E-state index in [1.165, 1.54) is 0 Å². The average Bonchev–Trinajstić information content (AvgIpc) is 2.71. The second-order valence-electron chi connectivity index (χ2n) is 7.60. The Kier molecular flexibility index (Phi) is 6.97. The first-order valence-corrected chi connectivity index (χ1v) is 10.5. The molecule has 0 aliphatic heterocycles. The van der Waals surface area contributed by atoms with Crippen LogP contribution in [0.1, 0.15) is 35.5 Å². The smallest absolute Gasteiger partial charge is 0.350 e. The van der Waals surface area contributed by atoms with Crippen molar-refractivity contribution < 1.29 is 4.79 Å². The highest BCUT2D eigenvalue weighted by Gasteiger charge is 2.21. The number of aromatic nitrogens is 3. The first-order valence-electron chi connectivity index (χ1n) is 9.70. The van der Waals surface area contributed by atoms with E-state index in [-0.39, 0.29) is 18.2 Å². The Morgan fingerprint density at radius 3 is 2.52 bits per heavy atom. The first-order chi connectivity index (χ1) is 14.7. The number of rotatable bonds is 6. The molecule has 0 unspecified atom stereocenters. The molecule has 162 valence electrons. The summed E-state index contributed by atoms with van der Waals surface area (Å²) in [5.74, 6) is -0.468. The van der Waals surface area contributed by atoms with Crippen LogP contribution >= 0.6 is 23.2 Å². The normalized spacial score (nSPS) is 11.0. The fourth-order valence-electron chi connectivity index (χ4n) is 2.88. The van der Waals surface area contributed by atoms with Crippen LogP contribution in [-0.4, -0.2) is 26.8 Å². The van der Waals surface area contributed by atoms with Gasteiger partial charge in [0.1, 0.15) is 0 Å². The third-order valence-corrected chi connectivity index (χ3v) is 5.22. The van der Waals surface area contributed by atoms with E-state index in [0.717, 1.165) is 14.8 Å². The van der Waals surface area contributed by atoms with Gasteiger partial charge in [0.05, 0.1) is 12.2 Å². The van der Waals surface area contributed by atoms with Gasteiger partial charge in [-0.25, -0.2) is 4.79 Å². The van der Waals surface area contributed by atoms with Gasteiger partial charge in [0.2, 0.25) is 5.69 Å². The summed E-state index contributed by atoms with van der Waals surface area (Å²) in [4.78, 5) is 38.9. The molecule has 3 rings (SSSR count). The quantitative estimate of drug-likeness (QED) is 0.610. The monoisotopic (exact) mass is 460 g/mol. The molecule has 0 atom stereocenters. The molecule has 31 heavy (non-hydrogen) atoms. The Labute approximate surface area is 189 Å². The summed E-state index contributed by atoms with van der Waals surface area (Å²) >= 11 is 12.3. The van der Waals surface area contributed by atoms with Gasteiger partial charge in [-0.3, -0.25) is 14.2 Å². The molecule has 0 aliphatic rings. The Morgan fingerprint density at radius 2 is 1.87 bits per heavy atom. The van der Waals surface area contributed by atoms with Crippen LogP contribution < -0.4 is 16.6 Å². The number of nitrogens with one attached hydrogen (secondary N) is 1. The summed E-state index contributed by atoms with van der Waals surface area (Å²) in [6.45, 7) is 5.99. The van der Waals surface area contributed by atoms with Crippen LogP contribution in [0.5, 0.6) is 0 Å². The molecule has 0 spiro atoms. The van der Waals surface area contributed by atoms with E-state index in [0.29, 0.717) is 27.8 Å². The zero-order chi connectivity index (χ0) is 22.7. The minimum Gasteiger partial charge on any atom is -0.350 e. The number of benzene rings is 2. The summed E-state index contributed by atoms with van der Waals surface area (Å²) in [5, 5.41) is 7.67. The van der Waals surface area contributed by atoms with Crippen molar-refractivity contribution >= 4 is 29.1 Å². The predicted molar refractivity (Wildman–Crippen MR) is 122 cm³/mol. The SMILES string of the molecule is Cc1ccc(-n2nc(C(=O)NCC(C)C)c(=O)n(Cc3cccc(Cl)c3)c2=O)cc1Cl. The molecule has 3 aromatic rings. The summed E-state index contributed by atoms with van der Waals surface area (Å²) < 4.78 is 1.98. The molecule has 7 nitrogen and oxygen atoms in total. The Balaban J connectivity index is 2.19. The second-order valence-corrected chi connectivity index (χ2v) is 8.45. The van der Waals surface area contributed by atoms with Crippen molar-refractivity contribution in [1.29, 1.82) is 0 Å². The fourth-order valence-corrected chi connectivity index (χ4v) is 3.26. The highest BCUT2D eigenvalue weighted by molar-refractivity contribution is 6.31. The predicted octanol–water partition coefficient (Wildman–Crippen LogP) is 3.44. The van der Waals surface area contributed by atoms with Crippen molar-refractivity contribution in [3.8, 4) is 5.69 Å². The maximum absolute atomic E-state index is 13.2. The van der Waals surface area contributed by atoms with E-state index in [4.69, 9.17) is 23.2 Å². The van der Waals surface area contributed by atoms with Crippen molar-refractivity contribution in [2.24, 2.45) is 5.92 Å². The van der Waals surface area contributed by atoms with Gasteiger partial charge in [0, 0.05) is 16.6 Å². The van der Waals surface area contributed by atoms with Crippen LogP contribution in [0.2, 0.25) is 10.0 Å². The molecule has 9 heteroatoms. The van der Waals surface area contributed by atoms with E-state index >= 15 is 0 Å². The van der Waals surface area contributed by atoms with Crippen molar-refractivity contribution in [2.45, 2.75) is 27.3 Å². The molecule has 0 aliphatic carbocycles. The van der Waals surface area contributed by atoms with Gasteiger partial charge >= 0.3 is 5.69 Å². The maximum atomic E-state index is 13.2. The fraction of sp³-hybridized carbons (Fsp3) is 0.273. The summed E-state index contributed by atoms with van der Waals surface area (Å²) in [6.07, 6.45) is 0. The van der Waals surface area contributed by atoms with Gasteiger partial charge in [-0.2, -0.15) is 9.78 Å². The lowest BCUT2D eigenvalue weighted by Gasteiger charge is -2.13. The zero-order valence-electron chi connectivity index (χ0n) is 17.4. The molecule has 0 radical (unpaired) electrons. The number of amides is 1. The van der Waals surface area contributed by atoms with Gasteiger partial charge in [-0.05, 0) is 48.2 Å². The van der Waals surface area contributed by atoms with E-state index in [1.54, 1.807) is 42.5 Å². The number of carbonyl (C=O) groups excluding carboxylic acids is 1. The molecule has 0 bridgehead atoms. The minimum atomic E-state index is -0.777. The molecule has 1 amide bonds. The standard InChI is InChI=1S/C22H22Cl2N4O3/c1-13(2)11-25-20(29)19-21(30)27(12-15-5-4-6-16(23)9-15)22(31)28(26-19)17-8-7-14(3)18(24)10-17/h4-10,13H,11-12H2,1-3H3,(H,25,29). The lowest BCUT2D eigenvalue weighted by Crippen LogP contribution is -2.46. The number of nitrogens with zero attached hydrogens (tertiary/aromatic N) is 3. The lowest BCUT2D eigenvalue weighted by atomic mass is 10.2. The third kappa shape index (κ3) is 5.24.